The van der Waals surface area contributed by atoms with Gasteiger partial charge in [0.15, 0.2) is 5.96 Å². The third-order valence-electron chi connectivity index (χ3n) is 4.18. The van der Waals surface area contributed by atoms with E-state index in [1.165, 1.54) is 12.1 Å². The molecule has 0 heterocycles. The van der Waals surface area contributed by atoms with E-state index in [4.69, 9.17) is 0 Å². The standard InChI is InChI=1S/C21H27FN4O/c1-23-21(26(4)15-17-8-10-19(22)11-9-17)24-13-12-16-6-5-7-18(14-16)20(27)25(2)3/h5-11,14H,12-13,15H2,1-4H3,(H,23,24). The normalized spacial score (nSPS) is 11.2. The summed E-state index contributed by atoms with van der Waals surface area (Å²) in [6.07, 6.45) is 0.776. The number of nitrogens with zero attached hydrogens (tertiary/aromatic N) is 3. The Hall–Kier alpha value is -2.89. The Balaban J connectivity index is 1.90. The lowest BCUT2D eigenvalue weighted by Crippen LogP contribution is -2.39. The van der Waals surface area contributed by atoms with Gasteiger partial charge >= 0.3 is 0 Å². The Kier molecular flexibility index (Phi) is 7.34. The highest BCUT2D eigenvalue weighted by molar-refractivity contribution is 5.94. The van der Waals surface area contributed by atoms with Crippen LogP contribution in [0, 0.1) is 5.82 Å². The molecule has 27 heavy (non-hydrogen) atoms. The van der Waals surface area contributed by atoms with E-state index in [0.717, 1.165) is 23.5 Å². The maximum atomic E-state index is 13.0. The van der Waals surface area contributed by atoms with Gasteiger partial charge in [0.2, 0.25) is 0 Å². The summed E-state index contributed by atoms with van der Waals surface area (Å²) < 4.78 is 13.0. The van der Waals surface area contributed by atoms with Crippen molar-refractivity contribution >= 4 is 11.9 Å². The predicted octanol–water partition coefficient (Wildman–Crippen LogP) is 2.78. The fourth-order valence-corrected chi connectivity index (χ4v) is 2.76. The van der Waals surface area contributed by atoms with E-state index in [9.17, 15) is 9.18 Å². The number of aliphatic imine (C=N–C) groups is 1. The summed E-state index contributed by atoms with van der Waals surface area (Å²) in [5.74, 6) is 0.526. The first-order chi connectivity index (χ1) is 12.9. The minimum absolute atomic E-state index is 0.000324. The van der Waals surface area contributed by atoms with E-state index in [-0.39, 0.29) is 11.7 Å². The molecule has 0 spiro atoms. The molecular formula is C21H27FN4O. The van der Waals surface area contributed by atoms with Crippen molar-refractivity contribution in [3.05, 3.63) is 71.0 Å². The molecule has 0 atom stereocenters. The number of halogens is 1. The van der Waals surface area contributed by atoms with Crippen LogP contribution in [-0.4, -0.2) is 56.4 Å². The minimum atomic E-state index is -0.237. The fraction of sp³-hybridized carbons (Fsp3) is 0.333. The number of guanidine groups is 1. The molecule has 1 amide bonds. The molecule has 5 nitrogen and oxygen atoms in total. The lowest BCUT2D eigenvalue weighted by molar-refractivity contribution is 0.0827. The number of nitrogens with one attached hydrogen (secondary N) is 1. The number of hydrogen-bond donors (Lipinski definition) is 1. The van der Waals surface area contributed by atoms with Crippen molar-refractivity contribution in [1.82, 2.24) is 15.1 Å². The van der Waals surface area contributed by atoms with Crippen molar-refractivity contribution in [3.8, 4) is 0 Å². The quantitative estimate of drug-likeness (QED) is 0.628. The van der Waals surface area contributed by atoms with Crippen LogP contribution in [0.25, 0.3) is 0 Å². The van der Waals surface area contributed by atoms with Gasteiger partial charge in [-0.05, 0) is 41.8 Å². The monoisotopic (exact) mass is 370 g/mol. The third-order valence-corrected chi connectivity index (χ3v) is 4.18. The van der Waals surface area contributed by atoms with Crippen molar-refractivity contribution in [1.29, 1.82) is 0 Å². The first kappa shape index (κ1) is 20.4. The molecule has 2 rings (SSSR count). The van der Waals surface area contributed by atoms with Crippen molar-refractivity contribution < 1.29 is 9.18 Å². The van der Waals surface area contributed by atoms with E-state index in [1.807, 2.05) is 36.2 Å². The molecule has 0 aliphatic heterocycles. The van der Waals surface area contributed by atoms with Gasteiger partial charge < -0.3 is 15.1 Å². The molecule has 6 heteroatoms. The Labute approximate surface area is 160 Å². The van der Waals surface area contributed by atoms with Crippen molar-refractivity contribution in [2.75, 3.05) is 34.7 Å². The smallest absolute Gasteiger partial charge is 0.253 e. The van der Waals surface area contributed by atoms with E-state index in [2.05, 4.69) is 10.3 Å². The molecule has 0 saturated carbocycles. The largest absolute Gasteiger partial charge is 0.356 e. The van der Waals surface area contributed by atoms with Crippen LogP contribution in [0.3, 0.4) is 0 Å². The average Bonchev–Trinajstić information content (AvgIpc) is 2.66. The zero-order chi connectivity index (χ0) is 19.8. The second-order valence-electron chi connectivity index (χ2n) is 6.61. The summed E-state index contributed by atoms with van der Waals surface area (Å²) >= 11 is 0. The van der Waals surface area contributed by atoms with Gasteiger partial charge in [-0.2, -0.15) is 0 Å². The summed E-state index contributed by atoms with van der Waals surface area (Å²) in [7, 11) is 7.17. The SMILES string of the molecule is CN=C(NCCc1cccc(C(=O)N(C)C)c1)N(C)Cc1ccc(F)cc1. The number of amides is 1. The molecule has 0 fully saturated rings. The molecule has 1 N–H and O–H groups in total. The predicted molar refractivity (Wildman–Crippen MR) is 107 cm³/mol. The number of rotatable bonds is 6. The van der Waals surface area contributed by atoms with Crippen LogP contribution in [-0.2, 0) is 13.0 Å². The molecule has 0 radical (unpaired) electrons. The van der Waals surface area contributed by atoms with Crippen LogP contribution >= 0.6 is 0 Å². The third kappa shape index (κ3) is 6.09. The number of carbonyl (C=O) groups excluding carboxylic acids is 1. The van der Waals surface area contributed by atoms with Crippen LogP contribution in [0.1, 0.15) is 21.5 Å². The second kappa shape index (κ2) is 9.71. The summed E-state index contributed by atoms with van der Waals surface area (Å²) in [6.45, 7) is 1.33. The van der Waals surface area contributed by atoms with Crippen LogP contribution in [0.5, 0.6) is 0 Å². The number of benzene rings is 2. The van der Waals surface area contributed by atoms with Gasteiger partial charge in [0.05, 0.1) is 0 Å². The van der Waals surface area contributed by atoms with Gasteiger partial charge in [0, 0.05) is 46.8 Å². The molecule has 0 aromatic heterocycles. The molecular weight excluding hydrogens is 343 g/mol. The first-order valence-corrected chi connectivity index (χ1v) is 8.87. The van der Waals surface area contributed by atoms with Gasteiger partial charge in [0.1, 0.15) is 5.82 Å². The summed E-state index contributed by atoms with van der Waals surface area (Å²) in [6, 6.07) is 14.1. The lowest BCUT2D eigenvalue weighted by atomic mass is 10.1. The van der Waals surface area contributed by atoms with Gasteiger partial charge in [-0.15, -0.1) is 0 Å². The maximum Gasteiger partial charge on any atom is 0.253 e. The Morgan fingerprint density at radius 3 is 2.41 bits per heavy atom. The van der Waals surface area contributed by atoms with Crippen LogP contribution < -0.4 is 5.32 Å². The van der Waals surface area contributed by atoms with Gasteiger partial charge in [-0.1, -0.05) is 24.3 Å². The first-order valence-electron chi connectivity index (χ1n) is 8.87. The highest BCUT2D eigenvalue weighted by Crippen LogP contribution is 2.08. The Bertz CT molecular complexity index is 787. The molecule has 0 bridgehead atoms. The number of carbonyl (C=O) groups is 1. The average molecular weight is 370 g/mol. The molecule has 144 valence electrons. The number of hydrogen-bond acceptors (Lipinski definition) is 2. The summed E-state index contributed by atoms with van der Waals surface area (Å²) in [5.41, 5.74) is 2.79. The minimum Gasteiger partial charge on any atom is -0.356 e. The molecule has 0 saturated heterocycles. The Morgan fingerprint density at radius 1 is 1.07 bits per heavy atom. The van der Waals surface area contributed by atoms with E-state index in [0.29, 0.717) is 18.7 Å². The maximum absolute atomic E-state index is 13.0. The van der Waals surface area contributed by atoms with Crippen molar-refractivity contribution in [2.45, 2.75) is 13.0 Å². The fourth-order valence-electron chi connectivity index (χ4n) is 2.76. The van der Waals surface area contributed by atoms with Gasteiger partial charge in [-0.3, -0.25) is 9.79 Å². The van der Waals surface area contributed by atoms with E-state index in [1.54, 1.807) is 38.2 Å². The molecule has 2 aromatic carbocycles. The van der Waals surface area contributed by atoms with Crippen LogP contribution in [0.4, 0.5) is 4.39 Å². The molecule has 0 aliphatic carbocycles. The van der Waals surface area contributed by atoms with Gasteiger partial charge in [-0.25, -0.2) is 4.39 Å². The lowest BCUT2D eigenvalue weighted by Gasteiger charge is -2.22. The van der Waals surface area contributed by atoms with Crippen LogP contribution in [0.15, 0.2) is 53.5 Å². The summed E-state index contributed by atoms with van der Waals surface area (Å²) in [5, 5.41) is 3.33. The molecule has 2 aromatic rings. The summed E-state index contributed by atoms with van der Waals surface area (Å²) in [4.78, 5) is 19.9. The highest BCUT2D eigenvalue weighted by Gasteiger charge is 2.09. The van der Waals surface area contributed by atoms with E-state index >= 15 is 0 Å². The van der Waals surface area contributed by atoms with Crippen molar-refractivity contribution in [2.24, 2.45) is 4.99 Å². The van der Waals surface area contributed by atoms with E-state index < -0.39 is 0 Å². The van der Waals surface area contributed by atoms with Crippen LogP contribution in [0.2, 0.25) is 0 Å². The van der Waals surface area contributed by atoms with Crippen molar-refractivity contribution in [3.63, 3.8) is 0 Å². The van der Waals surface area contributed by atoms with Gasteiger partial charge in [0.25, 0.3) is 5.91 Å². The molecule has 0 aliphatic rings. The molecule has 0 unspecified atom stereocenters. The topological polar surface area (TPSA) is 47.9 Å². The second-order valence-corrected chi connectivity index (χ2v) is 6.61. The zero-order valence-corrected chi connectivity index (χ0v) is 16.4. The Morgan fingerprint density at radius 2 is 1.78 bits per heavy atom. The zero-order valence-electron chi connectivity index (χ0n) is 16.4. The highest BCUT2D eigenvalue weighted by atomic mass is 19.1.